The lowest BCUT2D eigenvalue weighted by molar-refractivity contribution is -0.142. The predicted molar refractivity (Wildman–Crippen MR) is 91.5 cm³/mol. The quantitative estimate of drug-likeness (QED) is 0.815. The Morgan fingerprint density at radius 2 is 1.92 bits per heavy atom. The maximum atomic E-state index is 12.6. The predicted octanol–water partition coefficient (Wildman–Crippen LogP) is 2.72. The smallest absolute Gasteiger partial charge is 0.315 e. The number of fused-ring (bicyclic) bond motifs is 1. The molecule has 1 aromatic carbocycles. The summed E-state index contributed by atoms with van der Waals surface area (Å²) in [7, 11) is 0. The van der Waals surface area contributed by atoms with Crippen LogP contribution in [0.5, 0.6) is 0 Å². The van der Waals surface area contributed by atoms with Crippen molar-refractivity contribution in [3.8, 4) is 0 Å². The molecule has 1 aromatic heterocycles. The normalized spacial score (nSPS) is 16.4. The summed E-state index contributed by atoms with van der Waals surface area (Å²) in [4.78, 5) is 24.4. The molecule has 0 fully saturated rings. The van der Waals surface area contributed by atoms with Gasteiger partial charge in [-0.2, -0.15) is 0 Å². The highest BCUT2D eigenvalue weighted by molar-refractivity contribution is 5.94. The first-order valence-corrected chi connectivity index (χ1v) is 8.57. The topological polar surface area (TPSA) is 92.4 Å². The summed E-state index contributed by atoms with van der Waals surface area (Å²) >= 11 is 0. The molecule has 6 nitrogen and oxygen atoms in total. The molecule has 1 atom stereocenters. The molecule has 3 rings (SSSR count). The fraction of sp³-hybridized carbons (Fsp3) is 0.421. The van der Waals surface area contributed by atoms with Crippen molar-refractivity contribution in [3.05, 3.63) is 52.9 Å². The zero-order chi connectivity index (χ0) is 17.9. The van der Waals surface area contributed by atoms with Crippen LogP contribution < -0.4 is 5.32 Å². The van der Waals surface area contributed by atoms with E-state index in [1.165, 1.54) is 0 Å². The summed E-state index contributed by atoms with van der Waals surface area (Å²) in [6, 6.07) is 8.91. The minimum absolute atomic E-state index is 0.0210. The van der Waals surface area contributed by atoms with Crippen molar-refractivity contribution in [1.82, 2.24) is 10.5 Å². The van der Waals surface area contributed by atoms with E-state index in [-0.39, 0.29) is 18.1 Å². The molecule has 1 aliphatic rings. The number of nitrogens with zero attached hydrogens (tertiary/aromatic N) is 1. The Morgan fingerprint density at radius 3 is 2.64 bits per heavy atom. The van der Waals surface area contributed by atoms with E-state index < -0.39 is 11.4 Å². The second kappa shape index (κ2) is 7.09. The van der Waals surface area contributed by atoms with E-state index in [0.29, 0.717) is 5.56 Å². The van der Waals surface area contributed by atoms with E-state index in [1.54, 1.807) is 31.2 Å². The van der Waals surface area contributed by atoms with E-state index in [4.69, 9.17) is 4.52 Å². The van der Waals surface area contributed by atoms with E-state index in [9.17, 15) is 14.7 Å². The molecule has 0 saturated heterocycles. The molecule has 2 N–H and O–H groups in total. The molecule has 1 aliphatic carbocycles. The lowest BCUT2D eigenvalue weighted by atomic mass is 9.82. The van der Waals surface area contributed by atoms with E-state index >= 15 is 0 Å². The van der Waals surface area contributed by atoms with E-state index in [2.05, 4.69) is 10.5 Å². The minimum Gasteiger partial charge on any atom is -0.481 e. The van der Waals surface area contributed by atoms with E-state index in [1.807, 2.05) is 6.07 Å². The summed E-state index contributed by atoms with van der Waals surface area (Å²) < 4.78 is 5.33. The number of nitrogens with one attached hydrogen (secondary N) is 1. The van der Waals surface area contributed by atoms with Crippen molar-refractivity contribution in [2.45, 2.75) is 44.4 Å². The fourth-order valence-corrected chi connectivity index (χ4v) is 3.19. The summed E-state index contributed by atoms with van der Waals surface area (Å²) in [5, 5.41) is 16.3. The molecule has 0 bridgehead atoms. The van der Waals surface area contributed by atoms with Gasteiger partial charge in [0.2, 0.25) is 0 Å². The van der Waals surface area contributed by atoms with Crippen LogP contribution in [0.25, 0.3) is 0 Å². The zero-order valence-corrected chi connectivity index (χ0v) is 14.2. The molecule has 1 unspecified atom stereocenters. The number of rotatable bonds is 5. The summed E-state index contributed by atoms with van der Waals surface area (Å²) in [6.07, 6.45) is 4.72. The second-order valence-electron chi connectivity index (χ2n) is 6.68. The number of aryl methyl sites for hydroxylation is 1. The second-order valence-corrected chi connectivity index (χ2v) is 6.68. The van der Waals surface area contributed by atoms with Gasteiger partial charge in [0.15, 0.2) is 5.69 Å². The van der Waals surface area contributed by atoms with Crippen LogP contribution in [0, 0.1) is 0 Å². The Bertz CT molecular complexity index is 769. The maximum absolute atomic E-state index is 12.6. The number of carbonyl (C=O) groups is 2. The fourth-order valence-electron chi connectivity index (χ4n) is 3.19. The molecule has 1 amide bonds. The van der Waals surface area contributed by atoms with Gasteiger partial charge in [-0.25, -0.2) is 0 Å². The van der Waals surface area contributed by atoms with Gasteiger partial charge in [0.1, 0.15) is 11.2 Å². The number of aromatic nitrogens is 1. The monoisotopic (exact) mass is 342 g/mol. The van der Waals surface area contributed by atoms with Crippen molar-refractivity contribution >= 4 is 11.9 Å². The molecule has 0 aliphatic heterocycles. The number of carboxylic acid groups (broad SMARTS) is 1. The van der Waals surface area contributed by atoms with Crippen LogP contribution in [0.2, 0.25) is 0 Å². The van der Waals surface area contributed by atoms with Crippen LogP contribution in [0.1, 0.15) is 53.6 Å². The van der Waals surface area contributed by atoms with Crippen molar-refractivity contribution in [3.63, 3.8) is 0 Å². The number of hydrogen-bond donors (Lipinski definition) is 2. The standard InChI is InChI=1S/C19H22N2O4/c1-19(18(23)24,13-8-4-2-5-9-13)12-20-17(22)16-14-10-6-3-7-11-15(14)25-21-16/h2,4-5,8-9H,3,6-7,10-12H2,1H3,(H,20,22)(H,23,24). The third kappa shape index (κ3) is 3.43. The largest absolute Gasteiger partial charge is 0.481 e. The number of aliphatic carboxylic acids is 1. The van der Waals surface area contributed by atoms with Gasteiger partial charge in [-0.05, 0) is 31.7 Å². The Kier molecular flexibility index (Phi) is 4.88. The average molecular weight is 342 g/mol. The average Bonchev–Trinajstić information content (AvgIpc) is 2.88. The molecule has 1 heterocycles. The number of benzene rings is 1. The van der Waals surface area contributed by atoms with Crippen molar-refractivity contribution in [2.24, 2.45) is 0 Å². The molecular formula is C19H22N2O4. The van der Waals surface area contributed by atoms with Crippen LogP contribution in [-0.4, -0.2) is 28.7 Å². The summed E-state index contributed by atoms with van der Waals surface area (Å²) in [5.74, 6) is -0.583. The summed E-state index contributed by atoms with van der Waals surface area (Å²) in [6.45, 7) is 1.58. The van der Waals surface area contributed by atoms with Crippen molar-refractivity contribution in [2.75, 3.05) is 6.54 Å². The summed E-state index contributed by atoms with van der Waals surface area (Å²) in [5.41, 5.74) is 0.587. The highest BCUT2D eigenvalue weighted by atomic mass is 16.5. The Morgan fingerprint density at radius 1 is 1.20 bits per heavy atom. The van der Waals surface area contributed by atoms with Gasteiger partial charge in [-0.15, -0.1) is 0 Å². The van der Waals surface area contributed by atoms with Gasteiger partial charge < -0.3 is 14.9 Å². The van der Waals surface area contributed by atoms with Crippen LogP contribution in [0.4, 0.5) is 0 Å². The number of hydrogen-bond acceptors (Lipinski definition) is 4. The zero-order valence-electron chi connectivity index (χ0n) is 14.2. The SMILES string of the molecule is CC(CNC(=O)c1noc2c1CCCCC2)(C(=O)O)c1ccccc1. The molecular weight excluding hydrogens is 320 g/mol. The molecule has 0 saturated carbocycles. The van der Waals surface area contributed by atoms with Crippen molar-refractivity contribution in [1.29, 1.82) is 0 Å². The molecule has 0 radical (unpaired) electrons. The Hall–Kier alpha value is -2.63. The van der Waals surface area contributed by atoms with Gasteiger partial charge >= 0.3 is 5.97 Å². The van der Waals surface area contributed by atoms with Crippen LogP contribution >= 0.6 is 0 Å². The third-order valence-corrected chi connectivity index (χ3v) is 4.90. The van der Waals surface area contributed by atoms with Gasteiger partial charge in [0.25, 0.3) is 5.91 Å². The molecule has 2 aromatic rings. The van der Waals surface area contributed by atoms with E-state index in [0.717, 1.165) is 43.4 Å². The van der Waals surface area contributed by atoms with Gasteiger partial charge in [0, 0.05) is 18.5 Å². The van der Waals surface area contributed by atoms with Gasteiger partial charge in [-0.3, -0.25) is 9.59 Å². The first kappa shape index (κ1) is 17.2. The highest BCUT2D eigenvalue weighted by Crippen LogP contribution is 2.25. The first-order valence-electron chi connectivity index (χ1n) is 8.57. The Balaban J connectivity index is 1.77. The van der Waals surface area contributed by atoms with Gasteiger partial charge in [0.05, 0.1) is 0 Å². The van der Waals surface area contributed by atoms with Crippen molar-refractivity contribution < 1.29 is 19.2 Å². The Labute approximate surface area is 146 Å². The number of carbonyl (C=O) groups excluding carboxylic acids is 1. The lowest BCUT2D eigenvalue weighted by Crippen LogP contribution is -2.44. The van der Waals surface area contributed by atoms with Crippen LogP contribution in [-0.2, 0) is 23.1 Å². The third-order valence-electron chi connectivity index (χ3n) is 4.90. The highest BCUT2D eigenvalue weighted by Gasteiger charge is 2.36. The molecule has 132 valence electrons. The lowest BCUT2D eigenvalue weighted by Gasteiger charge is -2.25. The van der Waals surface area contributed by atoms with Gasteiger partial charge in [-0.1, -0.05) is 41.9 Å². The number of amides is 1. The van der Waals surface area contributed by atoms with Crippen LogP contribution in [0.3, 0.4) is 0 Å². The molecule has 0 spiro atoms. The molecule has 6 heteroatoms. The number of carboxylic acids is 1. The first-order chi connectivity index (χ1) is 12.0. The van der Waals surface area contributed by atoms with Crippen LogP contribution in [0.15, 0.2) is 34.9 Å². The minimum atomic E-state index is -1.21. The maximum Gasteiger partial charge on any atom is 0.315 e. The molecule has 25 heavy (non-hydrogen) atoms.